The van der Waals surface area contributed by atoms with Crippen LogP contribution in [-0.4, -0.2) is 34.3 Å². The van der Waals surface area contributed by atoms with E-state index in [2.05, 4.69) is 20.7 Å². The highest BCUT2D eigenvalue weighted by Crippen LogP contribution is 2.14. The van der Waals surface area contributed by atoms with Crippen molar-refractivity contribution >= 4 is 11.6 Å². The van der Waals surface area contributed by atoms with Crippen LogP contribution in [0.2, 0.25) is 0 Å². The highest BCUT2D eigenvalue weighted by molar-refractivity contribution is 5.47. The Bertz CT molecular complexity index is 386. The first-order valence-electron chi connectivity index (χ1n) is 6.40. The molecule has 7 heteroatoms. The second kappa shape index (κ2) is 7.88. The molecule has 0 fully saturated rings. The van der Waals surface area contributed by atoms with Gasteiger partial charge in [0.25, 0.3) is 0 Å². The van der Waals surface area contributed by atoms with E-state index in [1.807, 2.05) is 20.8 Å². The van der Waals surface area contributed by atoms with E-state index in [0.29, 0.717) is 30.7 Å². The average molecular weight is 269 g/mol. The number of aliphatic hydroxyl groups excluding tert-OH is 1. The second-order valence-corrected chi connectivity index (χ2v) is 4.51. The van der Waals surface area contributed by atoms with Crippen LogP contribution in [0.5, 0.6) is 0 Å². The zero-order valence-corrected chi connectivity index (χ0v) is 11.7. The van der Waals surface area contributed by atoms with Crippen molar-refractivity contribution in [2.75, 3.05) is 24.0 Å². The van der Waals surface area contributed by atoms with E-state index in [1.54, 1.807) is 6.07 Å². The van der Waals surface area contributed by atoms with Gasteiger partial charge in [-0.2, -0.15) is 0 Å². The van der Waals surface area contributed by atoms with Crippen LogP contribution in [0.15, 0.2) is 6.07 Å². The molecule has 0 amide bonds. The van der Waals surface area contributed by atoms with Gasteiger partial charge in [-0.25, -0.2) is 15.8 Å². The Labute approximate surface area is 113 Å². The normalized spacial score (nSPS) is 12.5. The molecule has 0 spiro atoms. The maximum absolute atomic E-state index is 9.32. The molecule has 1 atom stereocenters. The van der Waals surface area contributed by atoms with E-state index in [-0.39, 0.29) is 18.6 Å². The topological polar surface area (TPSA) is 105 Å². The van der Waals surface area contributed by atoms with Gasteiger partial charge in [-0.1, -0.05) is 13.8 Å². The summed E-state index contributed by atoms with van der Waals surface area (Å²) in [6.07, 6.45) is 0. The Hall–Kier alpha value is -1.44. The summed E-state index contributed by atoms with van der Waals surface area (Å²) in [5.74, 6) is 7.33. The molecular formula is C12H23N5O2. The summed E-state index contributed by atoms with van der Waals surface area (Å²) in [6, 6.07) is 1.63. The van der Waals surface area contributed by atoms with Crippen LogP contribution in [0.1, 0.15) is 26.6 Å². The van der Waals surface area contributed by atoms with Crippen molar-refractivity contribution in [3.8, 4) is 0 Å². The van der Waals surface area contributed by atoms with Crippen molar-refractivity contribution < 1.29 is 9.84 Å². The number of hydrogen-bond acceptors (Lipinski definition) is 7. The van der Waals surface area contributed by atoms with Gasteiger partial charge in [0.05, 0.1) is 12.6 Å². The molecule has 1 aromatic heterocycles. The van der Waals surface area contributed by atoms with E-state index in [1.165, 1.54) is 0 Å². The number of nitrogens with two attached hydrogens (primary N) is 1. The zero-order valence-electron chi connectivity index (χ0n) is 11.7. The van der Waals surface area contributed by atoms with Gasteiger partial charge >= 0.3 is 0 Å². The second-order valence-electron chi connectivity index (χ2n) is 4.51. The van der Waals surface area contributed by atoms with Gasteiger partial charge in [-0.15, -0.1) is 0 Å². The largest absolute Gasteiger partial charge is 0.394 e. The molecule has 108 valence electrons. The standard InChI is InChI=1S/C12H23N5O2/c1-4-19-7-12-15-10(5-11(16-12)17-13)14-9(6-18)8(2)3/h5,8-9,18H,4,6-7,13H2,1-3H3,(H2,14,15,16,17). The fourth-order valence-electron chi connectivity index (χ4n) is 1.52. The van der Waals surface area contributed by atoms with Crippen molar-refractivity contribution in [1.82, 2.24) is 9.97 Å². The van der Waals surface area contributed by atoms with E-state index in [4.69, 9.17) is 10.6 Å². The Balaban J connectivity index is 2.86. The number of aromatic nitrogens is 2. The smallest absolute Gasteiger partial charge is 0.158 e. The number of hydrogen-bond donors (Lipinski definition) is 4. The predicted molar refractivity (Wildman–Crippen MR) is 74.5 cm³/mol. The SMILES string of the molecule is CCOCc1nc(NN)cc(NC(CO)C(C)C)n1. The molecule has 1 heterocycles. The molecule has 0 saturated heterocycles. The average Bonchev–Trinajstić information content (AvgIpc) is 2.41. The molecule has 0 radical (unpaired) electrons. The van der Waals surface area contributed by atoms with Gasteiger partial charge < -0.3 is 20.6 Å². The predicted octanol–water partition coefficient (Wildman–Crippen LogP) is 0.727. The van der Waals surface area contributed by atoms with Crippen LogP contribution in [-0.2, 0) is 11.3 Å². The van der Waals surface area contributed by atoms with Crippen molar-refractivity contribution in [3.63, 3.8) is 0 Å². The molecule has 1 rings (SSSR count). The quantitative estimate of drug-likeness (QED) is 0.407. The lowest BCUT2D eigenvalue weighted by Crippen LogP contribution is -2.30. The molecule has 7 nitrogen and oxygen atoms in total. The van der Waals surface area contributed by atoms with E-state index in [9.17, 15) is 5.11 Å². The molecule has 19 heavy (non-hydrogen) atoms. The lowest BCUT2D eigenvalue weighted by molar-refractivity contribution is 0.128. The minimum Gasteiger partial charge on any atom is -0.394 e. The molecule has 0 aliphatic heterocycles. The van der Waals surface area contributed by atoms with Gasteiger partial charge in [0.1, 0.15) is 18.2 Å². The number of anilines is 2. The van der Waals surface area contributed by atoms with Crippen molar-refractivity contribution in [2.45, 2.75) is 33.4 Å². The van der Waals surface area contributed by atoms with Crippen molar-refractivity contribution in [1.29, 1.82) is 0 Å². The maximum Gasteiger partial charge on any atom is 0.158 e. The summed E-state index contributed by atoms with van der Waals surface area (Å²) in [5.41, 5.74) is 2.50. The highest BCUT2D eigenvalue weighted by Gasteiger charge is 2.13. The van der Waals surface area contributed by atoms with E-state index >= 15 is 0 Å². The zero-order chi connectivity index (χ0) is 14.3. The molecule has 0 aromatic carbocycles. The fraction of sp³-hybridized carbons (Fsp3) is 0.667. The summed E-state index contributed by atoms with van der Waals surface area (Å²) >= 11 is 0. The fourth-order valence-corrected chi connectivity index (χ4v) is 1.52. The summed E-state index contributed by atoms with van der Waals surface area (Å²) in [4.78, 5) is 8.53. The number of aliphatic hydroxyl groups is 1. The number of nitrogens with zero attached hydrogens (tertiary/aromatic N) is 2. The third-order valence-electron chi connectivity index (χ3n) is 2.69. The van der Waals surface area contributed by atoms with E-state index in [0.717, 1.165) is 0 Å². The molecule has 0 aliphatic carbocycles. The molecule has 0 aliphatic rings. The number of nitrogen functional groups attached to an aromatic ring is 1. The number of rotatable bonds is 8. The molecule has 0 saturated carbocycles. The molecule has 1 aromatic rings. The Morgan fingerprint density at radius 1 is 1.37 bits per heavy atom. The molecule has 5 N–H and O–H groups in total. The van der Waals surface area contributed by atoms with Gasteiger partial charge in [0, 0.05) is 12.7 Å². The van der Waals surface area contributed by atoms with Gasteiger partial charge in [0.15, 0.2) is 5.82 Å². The number of hydrazine groups is 1. The first-order chi connectivity index (χ1) is 9.10. The third kappa shape index (κ3) is 4.98. The summed E-state index contributed by atoms with van der Waals surface area (Å²) in [7, 11) is 0. The van der Waals surface area contributed by atoms with Gasteiger partial charge in [0.2, 0.25) is 0 Å². The summed E-state index contributed by atoms with van der Waals surface area (Å²) in [6.45, 7) is 6.92. The van der Waals surface area contributed by atoms with Crippen molar-refractivity contribution in [2.24, 2.45) is 11.8 Å². The van der Waals surface area contributed by atoms with Crippen molar-refractivity contribution in [3.05, 3.63) is 11.9 Å². The minimum absolute atomic E-state index is 0.0356. The van der Waals surface area contributed by atoms with Crippen LogP contribution >= 0.6 is 0 Å². The highest BCUT2D eigenvalue weighted by atomic mass is 16.5. The summed E-state index contributed by atoms with van der Waals surface area (Å²) < 4.78 is 5.28. The summed E-state index contributed by atoms with van der Waals surface area (Å²) in [5, 5.41) is 12.5. The van der Waals surface area contributed by atoms with Crippen LogP contribution in [0.4, 0.5) is 11.6 Å². The third-order valence-corrected chi connectivity index (χ3v) is 2.69. The van der Waals surface area contributed by atoms with Crippen LogP contribution in [0.3, 0.4) is 0 Å². The van der Waals surface area contributed by atoms with Crippen LogP contribution in [0, 0.1) is 5.92 Å². The monoisotopic (exact) mass is 269 g/mol. The van der Waals surface area contributed by atoms with Gasteiger partial charge in [-0.3, -0.25) is 0 Å². The lowest BCUT2D eigenvalue weighted by Gasteiger charge is -2.21. The molecular weight excluding hydrogens is 246 g/mol. The Morgan fingerprint density at radius 3 is 2.58 bits per heavy atom. The minimum atomic E-state index is -0.0690. The first kappa shape index (κ1) is 15.6. The first-order valence-corrected chi connectivity index (χ1v) is 6.40. The Kier molecular flexibility index (Phi) is 6.48. The van der Waals surface area contributed by atoms with Gasteiger partial charge in [-0.05, 0) is 12.8 Å². The number of ether oxygens (including phenoxy) is 1. The molecule has 1 unspecified atom stereocenters. The molecule has 0 bridgehead atoms. The van der Waals surface area contributed by atoms with E-state index < -0.39 is 0 Å². The Morgan fingerprint density at radius 2 is 2.05 bits per heavy atom. The number of nitrogens with one attached hydrogen (secondary N) is 2. The lowest BCUT2D eigenvalue weighted by atomic mass is 10.1. The van der Waals surface area contributed by atoms with Crippen LogP contribution in [0.25, 0.3) is 0 Å². The van der Waals surface area contributed by atoms with Crippen LogP contribution < -0.4 is 16.6 Å². The maximum atomic E-state index is 9.32.